The number of hydrogen-bond donors (Lipinski definition) is 0. The minimum Gasteiger partial charge on any atom is -0.372 e. The number of halogens is 1. The Bertz CT molecular complexity index is 518. The lowest BCUT2D eigenvalue weighted by atomic mass is 10.1. The fraction of sp³-hybridized carbons (Fsp3) is 0.308. The van der Waals surface area contributed by atoms with Crippen LogP contribution >= 0.6 is 11.6 Å². The van der Waals surface area contributed by atoms with E-state index in [-0.39, 0.29) is 0 Å². The van der Waals surface area contributed by atoms with Crippen LogP contribution in [0, 0.1) is 0 Å². The molecule has 0 bridgehead atoms. The molecule has 0 aliphatic carbocycles. The van der Waals surface area contributed by atoms with Gasteiger partial charge in [0.25, 0.3) is 0 Å². The molecule has 3 rings (SSSR count). The summed E-state index contributed by atoms with van der Waals surface area (Å²) in [5.41, 5.74) is 1.30. The van der Waals surface area contributed by atoms with Gasteiger partial charge in [0.1, 0.15) is 5.15 Å². The third kappa shape index (κ3) is 1.63. The summed E-state index contributed by atoms with van der Waals surface area (Å²) < 4.78 is 0. The lowest BCUT2D eigenvalue weighted by Gasteiger charge is -2.18. The van der Waals surface area contributed by atoms with E-state index in [1.165, 1.54) is 37.0 Å². The van der Waals surface area contributed by atoms with E-state index in [0.717, 1.165) is 5.39 Å². The molecule has 2 heterocycles. The monoisotopic (exact) mass is 232 g/mol. The maximum Gasteiger partial charge on any atom is 0.136 e. The quantitative estimate of drug-likeness (QED) is 0.700. The van der Waals surface area contributed by atoms with Gasteiger partial charge in [-0.3, -0.25) is 0 Å². The summed E-state index contributed by atoms with van der Waals surface area (Å²) in [4.78, 5) is 6.51. The lowest BCUT2D eigenvalue weighted by molar-refractivity contribution is 0.949. The van der Waals surface area contributed by atoms with E-state index in [9.17, 15) is 0 Å². The zero-order valence-corrected chi connectivity index (χ0v) is 9.74. The minimum absolute atomic E-state index is 0.588. The molecule has 0 saturated carbocycles. The fourth-order valence-electron chi connectivity index (χ4n) is 2.30. The highest BCUT2D eigenvalue weighted by molar-refractivity contribution is 6.34. The predicted octanol–water partition coefficient (Wildman–Crippen LogP) is 3.49. The number of rotatable bonds is 1. The van der Waals surface area contributed by atoms with Crippen molar-refractivity contribution >= 4 is 28.1 Å². The fourth-order valence-corrected chi connectivity index (χ4v) is 2.53. The molecule has 82 valence electrons. The van der Waals surface area contributed by atoms with Crippen molar-refractivity contribution in [2.75, 3.05) is 18.0 Å². The topological polar surface area (TPSA) is 16.1 Å². The van der Waals surface area contributed by atoms with E-state index in [2.05, 4.69) is 28.1 Å². The molecule has 2 nitrogen and oxygen atoms in total. The molecule has 1 aliphatic rings. The summed E-state index contributed by atoms with van der Waals surface area (Å²) in [5, 5.41) is 2.79. The molecule has 0 N–H and O–H groups in total. The van der Waals surface area contributed by atoms with Gasteiger partial charge < -0.3 is 4.90 Å². The largest absolute Gasteiger partial charge is 0.372 e. The lowest BCUT2D eigenvalue weighted by Crippen LogP contribution is -2.17. The van der Waals surface area contributed by atoms with Crippen LogP contribution in [0.1, 0.15) is 12.8 Å². The summed E-state index contributed by atoms with van der Waals surface area (Å²) >= 11 is 6.04. The SMILES string of the molecule is Clc1nccc2cc(N3CCCC3)ccc12. The van der Waals surface area contributed by atoms with E-state index in [0.29, 0.717) is 5.15 Å². The molecule has 0 atom stereocenters. The van der Waals surface area contributed by atoms with E-state index in [1.54, 1.807) is 6.20 Å². The second-order valence-electron chi connectivity index (χ2n) is 4.20. The Morgan fingerprint density at radius 2 is 1.94 bits per heavy atom. The maximum atomic E-state index is 6.04. The molecule has 0 radical (unpaired) electrons. The van der Waals surface area contributed by atoms with Crippen molar-refractivity contribution in [1.82, 2.24) is 4.98 Å². The number of pyridine rings is 1. The third-order valence-electron chi connectivity index (χ3n) is 3.17. The van der Waals surface area contributed by atoms with Crippen LogP contribution in [0.4, 0.5) is 5.69 Å². The number of fused-ring (bicyclic) bond motifs is 1. The van der Waals surface area contributed by atoms with Gasteiger partial charge in [-0.25, -0.2) is 4.98 Å². The second kappa shape index (κ2) is 3.95. The molecule has 1 fully saturated rings. The van der Waals surface area contributed by atoms with Gasteiger partial charge in [-0.2, -0.15) is 0 Å². The van der Waals surface area contributed by atoms with Crippen molar-refractivity contribution in [3.05, 3.63) is 35.6 Å². The van der Waals surface area contributed by atoms with Gasteiger partial charge in [0.05, 0.1) is 0 Å². The van der Waals surface area contributed by atoms with Crippen LogP contribution in [0.15, 0.2) is 30.5 Å². The van der Waals surface area contributed by atoms with Crippen LogP contribution in [0.5, 0.6) is 0 Å². The molecule has 2 aromatic rings. The number of aromatic nitrogens is 1. The molecule has 0 spiro atoms. The number of benzene rings is 1. The second-order valence-corrected chi connectivity index (χ2v) is 4.56. The normalized spacial score (nSPS) is 15.9. The van der Waals surface area contributed by atoms with Gasteiger partial charge in [-0.1, -0.05) is 11.6 Å². The molecule has 1 saturated heterocycles. The average Bonchev–Trinajstić information content (AvgIpc) is 2.82. The molecule has 1 aromatic carbocycles. The average molecular weight is 233 g/mol. The number of anilines is 1. The van der Waals surface area contributed by atoms with Gasteiger partial charge >= 0.3 is 0 Å². The van der Waals surface area contributed by atoms with Gasteiger partial charge in [-0.05, 0) is 42.5 Å². The first kappa shape index (κ1) is 9.91. The van der Waals surface area contributed by atoms with Crippen molar-refractivity contribution < 1.29 is 0 Å². The van der Waals surface area contributed by atoms with Crippen LogP contribution in [-0.4, -0.2) is 18.1 Å². The van der Waals surface area contributed by atoms with Crippen molar-refractivity contribution in [2.45, 2.75) is 12.8 Å². The number of nitrogens with zero attached hydrogens (tertiary/aromatic N) is 2. The maximum absolute atomic E-state index is 6.04. The molecule has 1 aliphatic heterocycles. The van der Waals surface area contributed by atoms with E-state index in [1.807, 2.05) is 6.07 Å². The van der Waals surface area contributed by atoms with Gasteiger partial charge in [-0.15, -0.1) is 0 Å². The zero-order valence-electron chi connectivity index (χ0n) is 8.99. The third-order valence-corrected chi connectivity index (χ3v) is 3.47. The molecular weight excluding hydrogens is 220 g/mol. The van der Waals surface area contributed by atoms with E-state index >= 15 is 0 Å². The summed E-state index contributed by atoms with van der Waals surface area (Å²) in [6.45, 7) is 2.34. The molecule has 3 heteroatoms. The van der Waals surface area contributed by atoms with Gasteiger partial charge in [0, 0.05) is 30.4 Å². The Morgan fingerprint density at radius 3 is 2.75 bits per heavy atom. The van der Waals surface area contributed by atoms with Gasteiger partial charge in [0.2, 0.25) is 0 Å². The zero-order chi connectivity index (χ0) is 11.0. The Balaban J connectivity index is 2.08. The highest BCUT2D eigenvalue weighted by atomic mass is 35.5. The van der Waals surface area contributed by atoms with Crippen LogP contribution in [0.25, 0.3) is 10.8 Å². The number of hydrogen-bond acceptors (Lipinski definition) is 2. The predicted molar refractivity (Wildman–Crippen MR) is 68.2 cm³/mol. The summed E-state index contributed by atoms with van der Waals surface area (Å²) in [6, 6.07) is 8.43. The Labute approximate surface area is 99.8 Å². The molecular formula is C13H13ClN2. The molecule has 0 unspecified atom stereocenters. The van der Waals surface area contributed by atoms with Crippen LogP contribution in [-0.2, 0) is 0 Å². The van der Waals surface area contributed by atoms with E-state index in [4.69, 9.17) is 11.6 Å². The molecule has 0 amide bonds. The smallest absolute Gasteiger partial charge is 0.136 e. The van der Waals surface area contributed by atoms with Crippen LogP contribution in [0.3, 0.4) is 0 Å². The Hall–Kier alpha value is -1.28. The van der Waals surface area contributed by atoms with Crippen molar-refractivity contribution in [2.24, 2.45) is 0 Å². The first-order valence-corrected chi connectivity index (χ1v) is 6.01. The minimum atomic E-state index is 0.588. The first-order valence-electron chi connectivity index (χ1n) is 5.64. The molecule has 16 heavy (non-hydrogen) atoms. The van der Waals surface area contributed by atoms with Gasteiger partial charge in [0.15, 0.2) is 0 Å². The Kier molecular flexibility index (Phi) is 2.44. The summed E-state index contributed by atoms with van der Waals surface area (Å²) in [5.74, 6) is 0. The van der Waals surface area contributed by atoms with E-state index < -0.39 is 0 Å². The van der Waals surface area contributed by atoms with Crippen molar-refractivity contribution in [1.29, 1.82) is 0 Å². The summed E-state index contributed by atoms with van der Waals surface area (Å²) in [6.07, 6.45) is 4.36. The molecule has 1 aromatic heterocycles. The highest BCUT2D eigenvalue weighted by Crippen LogP contribution is 2.27. The van der Waals surface area contributed by atoms with Crippen LogP contribution in [0.2, 0.25) is 5.15 Å². The van der Waals surface area contributed by atoms with Crippen LogP contribution < -0.4 is 4.90 Å². The van der Waals surface area contributed by atoms with Crippen molar-refractivity contribution in [3.63, 3.8) is 0 Å². The summed E-state index contributed by atoms with van der Waals surface area (Å²) in [7, 11) is 0. The standard InChI is InChI=1S/C13H13ClN2/c14-13-12-4-3-11(16-7-1-2-8-16)9-10(12)5-6-15-13/h3-6,9H,1-2,7-8H2. The highest BCUT2D eigenvalue weighted by Gasteiger charge is 2.12. The Morgan fingerprint density at radius 1 is 1.12 bits per heavy atom. The van der Waals surface area contributed by atoms with Crippen molar-refractivity contribution in [3.8, 4) is 0 Å². The first-order chi connectivity index (χ1) is 7.84.